The Kier molecular flexibility index (Phi) is 5.70. The van der Waals surface area contributed by atoms with Crippen LogP contribution in [0.4, 0.5) is 0 Å². The lowest BCUT2D eigenvalue weighted by Gasteiger charge is -2.00. The Morgan fingerprint density at radius 1 is 0.629 bits per heavy atom. The molecule has 0 aliphatic carbocycles. The third-order valence-electron chi connectivity index (χ3n) is 4.47. The summed E-state index contributed by atoms with van der Waals surface area (Å²) >= 11 is 3.42. The lowest BCUT2D eigenvalue weighted by molar-refractivity contribution is 0.0585. The van der Waals surface area contributed by atoms with Gasteiger partial charge in [0.2, 0.25) is 23.6 Å². The summed E-state index contributed by atoms with van der Waals surface area (Å²) in [6.45, 7) is 0. The Bertz CT molecular complexity index is 1440. The minimum absolute atomic E-state index is 0.000585. The van der Waals surface area contributed by atoms with E-state index in [9.17, 15) is 9.59 Å². The van der Waals surface area contributed by atoms with E-state index in [-0.39, 0.29) is 46.3 Å². The summed E-state index contributed by atoms with van der Waals surface area (Å²) < 4.78 is 31.5. The smallest absolute Gasteiger partial charge is 0.360 e. The number of oxazole rings is 4. The van der Waals surface area contributed by atoms with Crippen LogP contribution < -0.4 is 0 Å². The molecule has 0 aliphatic heterocycles. The van der Waals surface area contributed by atoms with E-state index in [0.29, 0.717) is 15.9 Å². The highest BCUT2D eigenvalue weighted by atomic mass is 79.9. The Labute approximate surface area is 203 Å². The van der Waals surface area contributed by atoms with Crippen LogP contribution in [0.25, 0.3) is 46.3 Å². The summed E-state index contributed by atoms with van der Waals surface area (Å²) in [6, 6.07) is 3.35. The van der Waals surface area contributed by atoms with Crippen LogP contribution in [-0.2, 0) is 9.47 Å². The average molecular weight is 542 g/mol. The SMILES string of the molecule is COC(=O)c1coc(-c2coc(-c3cc(Br)cc(-c4nc(-c5nc(C(=O)OC)co5)co4)n3)n2)n1. The molecule has 5 aromatic heterocycles. The van der Waals surface area contributed by atoms with Gasteiger partial charge in [0.05, 0.1) is 14.2 Å². The highest BCUT2D eigenvalue weighted by Crippen LogP contribution is 2.30. The zero-order chi connectivity index (χ0) is 24.5. The minimum Gasteiger partial charge on any atom is -0.464 e. The van der Waals surface area contributed by atoms with Gasteiger partial charge in [0.1, 0.15) is 36.4 Å². The number of nitrogens with zero attached hydrogens (tertiary/aromatic N) is 5. The van der Waals surface area contributed by atoms with Crippen molar-refractivity contribution in [1.29, 1.82) is 0 Å². The maximum absolute atomic E-state index is 11.6. The van der Waals surface area contributed by atoms with Crippen molar-refractivity contribution in [3.8, 4) is 46.3 Å². The number of hydrogen-bond donors (Lipinski definition) is 0. The molecule has 0 amide bonds. The van der Waals surface area contributed by atoms with Crippen LogP contribution in [0.3, 0.4) is 0 Å². The van der Waals surface area contributed by atoms with Gasteiger partial charge in [-0.2, -0.15) is 0 Å². The Balaban J connectivity index is 1.42. The van der Waals surface area contributed by atoms with Gasteiger partial charge in [0.15, 0.2) is 22.8 Å². The maximum atomic E-state index is 11.6. The van der Waals surface area contributed by atoms with Gasteiger partial charge in [0, 0.05) is 4.47 Å². The van der Waals surface area contributed by atoms with Crippen LogP contribution in [0.1, 0.15) is 21.0 Å². The van der Waals surface area contributed by atoms with Crippen molar-refractivity contribution in [1.82, 2.24) is 24.9 Å². The Morgan fingerprint density at radius 3 is 1.46 bits per heavy atom. The quantitative estimate of drug-likeness (QED) is 0.282. The molecule has 13 nitrogen and oxygen atoms in total. The largest absolute Gasteiger partial charge is 0.464 e. The predicted octanol–water partition coefficient (Wildman–Crippen LogP) is 4.04. The zero-order valence-electron chi connectivity index (χ0n) is 17.8. The molecule has 176 valence electrons. The summed E-state index contributed by atoms with van der Waals surface area (Å²) in [5, 5.41) is 0. The lowest BCUT2D eigenvalue weighted by atomic mass is 10.3. The van der Waals surface area contributed by atoms with Gasteiger partial charge >= 0.3 is 11.9 Å². The first-order chi connectivity index (χ1) is 16.9. The monoisotopic (exact) mass is 541 g/mol. The van der Waals surface area contributed by atoms with Gasteiger partial charge in [-0.05, 0) is 12.1 Å². The molecule has 14 heteroatoms. The van der Waals surface area contributed by atoms with E-state index in [0.717, 1.165) is 12.5 Å². The van der Waals surface area contributed by atoms with E-state index in [1.54, 1.807) is 12.1 Å². The zero-order valence-corrected chi connectivity index (χ0v) is 19.4. The van der Waals surface area contributed by atoms with Gasteiger partial charge in [-0.25, -0.2) is 34.5 Å². The van der Waals surface area contributed by atoms with Crippen LogP contribution in [0.5, 0.6) is 0 Å². The molecule has 5 rings (SSSR count). The van der Waals surface area contributed by atoms with Crippen molar-refractivity contribution in [3.63, 3.8) is 0 Å². The molecule has 0 N–H and O–H groups in total. The van der Waals surface area contributed by atoms with Gasteiger partial charge in [-0.1, -0.05) is 15.9 Å². The first kappa shape index (κ1) is 22.2. The highest BCUT2D eigenvalue weighted by molar-refractivity contribution is 9.10. The van der Waals surface area contributed by atoms with Gasteiger partial charge < -0.3 is 27.1 Å². The number of ether oxygens (including phenoxy) is 2. The number of methoxy groups -OCH3 is 2. The van der Waals surface area contributed by atoms with Crippen LogP contribution in [-0.4, -0.2) is 51.1 Å². The lowest BCUT2D eigenvalue weighted by Crippen LogP contribution is -2.00. The molecule has 0 saturated carbocycles. The normalized spacial score (nSPS) is 10.9. The van der Waals surface area contributed by atoms with E-state index in [1.807, 2.05) is 0 Å². The number of esters is 2. The third-order valence-corrected chi connectivity index (χ3v) is 4.93. The topological polar surface area (TPSA) is 170 Å². The number of pyridine rings is 1. The van der Waals surface area contributed by atoms with Crippen LogP contribution in [0.15, 0.2) is 59.3 Å². The van der Waals surface area contributed by atoms with Gasteiger partial charge in [0.25, 0.3) is 0 Å². The maximum Gasteiger partial charge on any atom is 0.360 e. The first-order valence-corrected chi connectivity index (χ1v) is 10.4. The molecule has 0 radical (unpaired) electrons. The minimum atomic E-state index is -0.640. The number of carbonyl (C=O) groups is 2. The fourth-order valence-corrected chi connectivity index (χ4v) is 3.31. The van der Waals surface area contributed by atoms with Crippen molar-refractivity contribution >= 4 is 27.9 Å². The van der Waals surface area contributed by atoms with Crippen molar-refractivity contribution < 1.29 is 36.7 Å². The molecule has 0 aliphatic rings. The highest BCUT2D eigenvalue weighted by Gasteiger charge is 2.21. The third kappa shape index (κ3) is 4.33. The summed E-state index contributed by atoms with van der Waals surface area (Å²) in [5.41, 5.74) is 1.21. The van der Waals surface area contributed by atoms with Crippen LogP contribution in [0, 0.1) is 0 Å². The summed E-state index contributed by atoms with van der Waals surface area (Å²) in [4.78, 5) is 44.4. The second kappa shape index (κ2) is 8.98. The number of carbonyl (C=O) groups excluding carboxylic acids is 2. The van der Waals surface area contributed by atoms with E-state index >= 15 is 0 Å². The van der Waals surface area contributed by atoms with Crippen molar-refractivity contribution in [2.75, 3.05) is 14.2 Å². The molecular weight excluding hydrogens is 530 g/mol. The number of aromatic nitrogens is 5. The van der Waals surface area contributed by atoms with E-state index in [4.69, 9.17) is 17.7 Å². The Morgan fingerprint density at radius 2 is 1.03 bits per heavy atom. The van der Waals surface area contributed by atoms with Crippen molar-refractivity contribution in [2.45, 2.75) is 0 Å². The molecule has 0 bridgehead atoms. The molecule has 0 spiro atoms. The van der Waals surface area contributed by atoms with Gasteiger partial charge in [-0.3, -0.25) is 0 Å². The molecule has 0 aromatic carbocycles. The Hall–Kier alpha value is -4.59. The second-order valence-corrected chi connectivity index (χ2v) is 7.61. The van der Waals surface area contributed by atoms with Crippen molar-refractivity contribution in [3.05, 3.63) is 53.0 Å². The summed E-state index contributed by atoms with van der Waals surface area (Å²) in [6.07, 6.45) is 4.95. The molecule has 5 aromatic rings. The molecule has 0 atom stereocenters. The van der Waals surface area contributed by atoms with E-state index in [1.165, 1.54) is 26.7 Å². The fraction of sp³-hybridized carbons (Fsp3) is 0.0952. The molecule has 0 unspecified atom stereocenters. The fourth-order valence-electron chi connectivity index (χ4n) is 2.87. The number of rotatable bonds is 6. The second-order valence-electron chi connectivity index (χ2n) is 6.69. The number of hydrogen-bond acceptors (Lipinski definition) is 13. The summed E-state index contributed by atoms with van der Waals surface area (Å²) in [5.74, 6) is -0.821. The van der Waals surface area contributed by atoms with Gasteiger partial charge in [-0.15, -0.1) is 0 Å². The average Bonchev–Trinajstić information content (AvgIpc) is 3.68. The molecular formula is C21H12BrN5O8. The molecule has 0 fully saturated rings. The molecule has 0 saturated heterocycles. The van der Waals surface area contributed by atoms with Crippen LogP contribution >= 0.6 is 15.9 Å². The molecule has 35 heavy (non-hydrogen) atoms. The van der Waals surface area contributed by atoms with Crippen molar-refractivity contribution in [2.24, 2.45) is 0 Å². The molecule has 5 heterocycles. The number of halogens is 1. The van der Waals surface area contributed by atoms with Crippen LogP contribution in [0.2, 0.25) is 0 Å². The van der Waals surface area contributed by atoms with E-state index < -0.39 is 11.9 Å². The first-order valence-electron chi connectivity index (χ1n) is 9.63. The summed E-state index contributed by atoms with van der Waals surface area (Å²) in [7, 11) is 2.48. The predicted molar refractivity (Wildman–Crippen MR) is 117 cm³/mol. The van der Waals surface area contributed by atoms with E-state index in [2.05, 4.69) is 50.3 Å². The standard InChI is InChI=1S/C21H12BrN5O8/c1-30-20(28)14-7-34-18(26-14)12-5-32-16(24-12)10-3-9(22)4-11(23-10)17-25-13(6-33-17)19-27-15(8-35-19)21(29)31-2/h3-8H,1-2H3.